The van der Waals surface area contributed by atoms with Crippen LogP contribution < -0.4 is 0 Å². The van der Waals surface area contributed by atoms with E-state index < -0.39 is 0 Å². The highest BCUT2D eigenvalue weighted by molar-refractivity contribution is 6.26. The summed E-state index contributed by atoms with van der Waals surface area (Å²) < 4.78 is 0. The van der Waals surface area contributed by atoms with Gasteiger partial charge < -0.3 is 0 Å². The van der Waals surface area contributed by atoms with Crippen molar-refractivity contribution < 1.29 is 0 Å². The van der Waals surface area contributed by atoms with Gasteiger partial charge in [0.15, 0.2) is 0 Å². The van der Waals surface area contributed by atoms with Crippen molar-refractivity contribution in [1.82, 2.24) is 0 Å². The smallest absolute Gasteiger partial charge is 0.00259 e. The van der Waals surface area contributed by atoms with Gasteiger partial charge in [-0.1, -0.05) is 497 Å². The lowest BCUT2D eigenvalue weighted by Gasteiger charge is -2.20. The Kier molecular flexibility index (Phi) is 21.9. The summed E-state index contributed by atoms with van der Waals surface area (Å²) in [5.74, 6) is 0. The number of fused-ring (bicyclic) bond motifs is 8. The third-order valence-corrected chi connectivity index (χ3v) is 26.8. The molecular formula is C134H90. The first kappa shape index (κ1) is 81.1. The van der Waals surface area contributed by atoms with Gasteiger partial charge in [-0.2, -0.15) is 0 Å². The highest BCUT2D eigenvalue weighted by Gasteiger charge is 2.24. The van der Waals surface area contributed by atoms with Gasteiger partial charge in [0.05, 0.1) is 0 Å². The largest absolute Gasteiger partial charge is 0.0622 e. The van der Waals surface area contributed by atoms with Crippen molar-refractivity contribution in [3.05, 3.63) is 546 Å². The molecule has 0 radical (unpaired) electrons. The van der Waals surface area contributed by atoms with Crippen molar-refractivity contribution in [2.45, 2.75) is 0 Å². The Labute approximate surface area is 782 Å². The minimum Gasteiger partial charge on any atom is -0.0622 e. The Morgan fingerprint density at radius 2 is 0.194 bits per heavy atom. The van der Waals surface area contributed by atoms with E-state index in [1.807, 2.05) is 0 Å². The summed E-state index contributed by atoms with van der Waals surface area (Å²) in [7, 11) is 0. The maximum absolute atomic E-state index is 2.41. The quantitative estimate of drug-likeness (QED) is 0.0952. The summed E-state index contributed by atoms with van der Waals surface area (Å²) in [6.45, 7) is 0. The molecule has 0 spiro atoms. The van der Waals surface area contributed by atoms with Crippen LogP contribution in [0.5, 0.6) is 0 Å². The zero-order chi connectivity index (χ0) is 89.0. The molecule has 0 heterocycles. The van der Waals surface area contributed by atoms with E-state index in [9.17, 15) is 0 Å². The van der Waals surface area contributed by atoms with Gasteiger partial charge in [0, 0.05) is 0 Å². The molecule has 25 aromatic rings. The predicted molar refractivity (Wildman–Crippen MR) is 575 cm³/mol. The van der Waals surface area contributed by atoms with Crippen LogP contribution in [0.4, 0.5) is 0 Å². The molecule has 0 heteroatoms. The van der Waals surface area contributed by atoms with E-state index in [0.717, 1.165) is 0 Å². The molecule has 0 aliphatic carbocycles. The Morgan fingerprint density at radius 3 is 0.403 bits per heavy atom. The second-order valence-corrected chi connectivity index (χ2v) is 34.8. The van der Waals surface area contributed by atoms with Crippen LogP contribution >= 0.6 is 0 Å². The number of hydrogen-bond donors (Lipinski definition) is 0. The van der Waals surface area contributed by atoms with Crippen molar-refractivity contribution in [2.75, 3.05) is 0 Å². The molecular weight excluding hydrogens is 1610 g/mol. The van der Waals surface area contributed by atoms with Gasteiger partial charge in [0.2, 0.25) is 0 Å². The van der Waals surface area contributed by atoms with Crippen molar-refractivity contribution >= 4 is 86.2 Å². The van der Waals surface area contributed by atoms with E-state index in [2.05, 4.69) is 546 Å². The molecule has 0 unspecified atom stereocenters. The SMILES string of the molecule is c1ccc(-c2c3ccc(-c4ccc5ccccc5c4)cc3c(-c3ccccc3)c3cc(-c4ccc5ccccc5c4)ccc23)cc1.c1ccc(-c2ccc(-c3ccc4c(-c5ccccc5)c5ccc(-c6ccc(-c7ccccc7)cc6)cc5c(-c5ccccc5)c4c3)cc2)cc1.c1ccc(-c2ccc3c(-c4ccccc4)c4ccc(-c5ccccc5)cc4c(-c4ccccc4)c3c2)cc1. The fraction of sp³-hybridized carbons (Fsp3) is 0. The number of hydrogen-bond acceptors (Lipinski definition) is 0. The summed E-state index contributed by atoms with van der Waals surface area (Å²) in [5.41, 5.74) is 34.6. The summed E-state index contributed by atoms with van der Waals surface area (Å²) >= 11 is 0. The van der Waals surface area contributed by atoms with Crippen LogP contribution in [0.3, 0.4) is 0 Å². The van der Waals surface area contributed by atoms with E-state index >= 15 is 0 Å². The van der Waals surface area contributed by atoms with E-state index in [1.54, 1.807) is 0 Å². The molecule has 0 amide bonds. The Bertz CT molecular complexity index is 8220. The molecule has 0 N–H and O–H groups in total. The fourth-order valence-corrected chi connectivity index (χ4v) is 20.2. The molecule has 0 nitrogen and oxygen atoms in total. The van der Waals surface area contributed by atoms with Gasteiger partial charge in [-0.05, 0) is 290 Å². The lowest BCUT2D eigenvalue weighted by Crippen LogP contribution is -1.92. The maximum Gasteiger partial charge on any atom is -0.00259 e. The standard InChI is InChI=1S/C50H34.C46H30.C38H26/c1-5-13-35(14-6-1)37-21-25-39(26-22-37)43-29-31-45-47(33-43)50(42-19-11-4-12-20-42)48-34-44(30-32-46(48)49(45)41-17-9-3-10-18-41)40-27-23-38(24-28-40)36-15-7-2-8-16-36;1-3-13-33(14-4-1)45-41-25-23-39(37-21-19-31-11-7-9-17-35(31)27-37)29-43(41)46(34-15-5-2-6-16-34)44-30-40(24-26-42(44)45)38-22-20-32-12-8-10-18-36(32)28-38;1-5-13-27(14-6-1)31-21-23-33-35(25-31)38(30-19-11-4-12-20-30)36-26-32(28-15-7-2-8-16-28)22-24-34(36)37(33)29-17-9-3-10-18-29/h1-34H;1-30H;1-26H. The second kappa shape index (κ2) is 36.3. The lowest BCUT2D eigenvalue weighted by molar-refractivity contribution is 1.59. The maximum atomic E-state index is 2.41. The third-order valence-electron chi connectivity index (χ3n) is 26.8. The van der Waals surface area contributed by atoms with Crippen molar-refractivity contribution in [1.29, 1.82) is 0 Å². The predicted octanol–water partition coefficient (Wildman–Crippen LogP) is 37.6. The first-order chi connectivity index (χ1) is 66.5. The topological polar surface area (TPSA) is 0 Å². The molecule has 0 aliphatic heterocycles. The molecule has 0 bridgehead atoms. The fourth-order valence-electron chi connectivity index (χ4n) is 20.2. The average Bonchev–Trinajstić information content (AvgIpc) is 0.733. The second-order valence-electron chi connectivity index (χ2n) is 34.8. The van der Waals surface area contributed by atoms with Gasteiger partial charge in [0.25, 0.3) is 0 Å². The Hall–Kier alpha value is -17.4. The molecule has 626 valence electrons. The Balaban J connectivity index is 0.000000115. The van der Waals surface area contributed by atoms with Crippen LogP contribution in [-0.2, 0) is 0 Å². The van der Waals surface area contributed by atoms with Gasteiger partial charge >= 0.3 is 0 Å². The van der Waals surface area contributed by atoms with E-state index in [0.29, 0.717) is 0 Å². The van der Waals surface area contributed by atoms with Crippen LogP contribution in [-0.4, -0.2) is 0 Å². The van der Waals surface area contributed by atoms with Crippen LogP contribution in [0.15, 0.2) is 546 Å². The average molecular weight is 1700 g/mol. The highest BCUT2D eigenvalue weighted by Crippen LogP contribution is 2.51. The van der Waals surface area contributed by atoms with E-state index in [4.69, 9.17) is 0 Å². The molecule has 0 saturated heterocycles. The normalized spacial score (nSPS) is 11.3. The van der Waals surface area contributed by atoms with Crippen LogP contribution in [0, 0.1) is 0 Å². The van der Waals surface area contributed by atoms with Gasteiger partial charge in [-0.25, -0.2) is 0 Å². The first-order valence-electron chi connectivity index (χ1n) is 46.3. The summed E-state index contributed by atoms with van der Waals surface area (Å²) in [6, 6.07) is 199. The van der Waals surface area contributed by atoms with Crippen molar-refractivity contribution in [3.63, 3.8) is 0 Å². The third kappa shape index (κ3) is 15.9. The Morgan fingerprint density at radius 1 is 0.0672 bits per heavy atom. The molecule has 0 aromatic heterocycles. The van der Waals surface area contributed by atoms with Crippen LogP contribution in [0.25, 0.3) is 242 Å². The zero-order valence-electron chi connectivity index (χ0n) is 74.0. The first-order valence-corrected chi connectivity index (χ1v) is 46.3. The molecule has 0 saturated carbocycles. The van der Waals surface area contributed by atoms with Gasteiger partial charge in [-0.15, -0.1) is 0 Å². The van der Waals surface area contributed by atoms with Crippen LogP contribution in [0.2, 0.25) is 0 Å². The summed E-state index contributed by atoms with van der Waals surface area (Å²) in [5, 5.41) is 20.2. The lowest BCUT2D eigenvalue weighted by atomic mass is 9.83. The molecule has 0 atom stereocenters. The molecule has 0 aliphatic rings. The van der Waals surface area contributed by atoms with Crippen molar-refractivity contribution in [2.24, 2.45) is 0 Å². The van der Waals surface area contributed by atoms with Gasteiger partial charge in [-0.3, -0.25) is 0 Å². The number of rotatable bonds is 14. The van der Waals surface area contributed by atoms with E-state index in [-0.39, 0.29) is 0 Å². The summed E-state index contributed by atoms with van der Waals surface area (Å²) in [6.07, 6.45) is 0. The van der Waals surface area contributed by atoms with Crippen LogP contribution in [0.1, 0.15) is 0 Å². The summed E-state index contributed by atoms with van der Waals surface area (Å²) in [4.78, 5) is 0. The monoisotopic (exact) mass is 1700 g/mol. The van der Waals surface area contributed by atoms with E-state index in [1.165, 1.54) is 242 Å². The van der Waals surface area contributed by atoms with Gasteiger partial charge in [0.1, 0.15) is 0 Å². The number of benzene rings is 25. The molecule has 134 heavy (non-hydrogen) atoms. The minimum absolute atomic E-state index is 1.21. The highest BCUT2D eigenvalue weighted by atomic mass is 14.3. The van der Waals surface area contributed by atoms with Crippen molar-refractivity contribution in [3.8, 4) is 156 Å². The molecule has 25 rings (SSSR count). The molecule has 25 aromatic carbocycles. The molecule has 0 fully saturated rings. The zero-order valence-corrected chi connectivity index (χ0v) is 74.0. The minimum atomic E-state index is 1.21.